The third kappa shape index (κ3) is 5.34. The zero-order valence-corrected chi connectivity index (χ0v) is 15.6. The lowest BCUT2D eigenvalue weighted by Gasteiger charge is -2.20. The number of anilines is 1. The van der Waals surface area contributed by atoms with Gasteiger partial charge in [0, 0.05) is 18.9 Å². The first-order valence-electron chi connectivity index (χ1n) is 9.56. The second-order valence-electron chi connectivity index (χ2n) is 7.04. The topological polar surface area (TPSA) is 117 Å². The van der Waals surface area contributed by atoms with E-state index in [4.69, 9.17) is 14.2 Å². The summed E-state index contributed by atoms with van der Waals surface area (Å²) < 4.78 is 16.0. The molecule has 0 atom stereocenters. The number of benzene rings is 1. The number of ether oxygens (including phenoxy) is 3. The van der Waals surface area contributed by atoms with Crippen molar-refractivity contribution in [3.05, 3.63) is 22.2 Å². The summed E-state index contributed by atoms with van der Waals surface area (Å²) in [6, 6.07) is 2.59. The summed E-state index contributed by atoms with van der Waals surface area (Å²) in [5, 5.41) is 13.8. The van der Waals surface area contributed by atoms with Crippen molar-refractivity contribution in [2.75, 3.05) is 25.1 Å². The third-order valence-corrected chi connectivity index (χ3v) is 4.88. The van der Waals surface area contributed by atoms with Crippen molar-refractivity contribution in [2.45, 2.75) is 44.9 Å². The molecule has 0 bridgehead atoms. The minimum absolute atomic E-state index is 0.0254. The minimum atomic E-state index is -0.644. The number of nitrogens with one attached hydrogen (secondary N) is 1. The Kier molecular flexibility index (Phi) is 6.67. The van der Waals surface area contributed by atoms with Crippen LogP contribution in [0.25, 0.3) is 0 Å². The summed E-state index contributed by atoms with van der Waals surface area (Å²) in [6.45, 7) is 0.320. The van der Waals surface area contributed by atoms with Gasteiger partial charge in [-0.2, -0.15) is 0 Å². The number of nitrogens with zero attached hydrogens (tertiary/aromatic N) is 1. The standard InChI is InChI=1S/C19H24N2O7/c22-18(12-28-19(23)9-13-5-2-1-3-6-13)20-14-10-16-17(11-15(14)21(24)25)27-8-4-7-26-16/h10-11,13H,1-9,12H2,(H,20,22). The Bertz CT molecular complexity index is 744. The smallest absolute Gasteiger partial charge is 0.306 e. The molecular weight excluding hydrogens is 368 g/mol. The maximum absolute atomic E-state index is 12.1. The van der Waals surface area contributed by atoms with Crippen LogP contribution in [-0.2, 0) is 14.3 Å². The van der Waals surface area contributed by atoms with E-state index in [2.05, 4.69) is 5.32 Å². The zero-order valence-electron chi connectivity index (χ0n) is 15.6. The fourth-order valence-electron chi connectivity index (χ4n) is 3.47. The molecule has 1 amide bonds. The van der Waals surface area contributed by atoms with Gasteiger partial charge in [0.05, 0.1) is 24.2 Å². The van der Waals surface area contributed by atoms with Crippen LogP contribution in [0.3, 0.4) is 0 Å². The van der Waals surface area contributed by atoms with Gasteiger partial charge in [-0.15, -0.1) is 0 Å². The van der Waals surface area contributed by atoms with Gasteiger partial charge < -0.3 is 19.5 Å². The molecule has 1 aliphatic heterocycles. The molecule has 1 heterocycles. The Morgan fingerprint density at radius 2 is 1.79 bits per heavy atom. The van der Waals surface area contributed by atoms with Crippen molar-refractivity contribution in [2.24, 2.45) is 5.92 Å². The normalized spacial score (nSPS) is 16.7. The van der Waals surface area contributed by atoms with Gasteiger partial charge in [0.1, 0.15) is 5.69 Å². The molecule has 1 aromatic carbocycles. The first-order chi connectivity index (χ1) is 13.5. The quantitative estimate of drug-likeness (QED) is 0.449. The predicted octanol–water partition coefficient (Wildman–Crippen LogP) is 3.21. The van der Waals surface area contributed by atoms with E-state index >= 15 is 0 Å². The second-order valence-corrected chi connectivity index (χ2v) is 7.04. The van der Waals surface area contributed by atoms with E-state index in [1.807, 2.05) is 0 Å². The van der Waals surface area contributed by atoms with Crippen molar-refractivity contribution in [1.82, 2.24) is 0 Å². The number of amides is 1. The number of hydrogen-bond acceptors (Lipinski definition) is 7. The molecule has 1 aliphatic carbocycles. The molecule has 0 radical (unpaired) electrons. The zero-order chi connectivity index (χ0) is 19.9. The van der Waals surface area contributed by atoms with Crippen LogP contribution in [0.2, 0.25) is 0 Å². The van der Waals surface area contributed by atoms with E-state index in [-0.39, 0.29) is 17.1 Å². The Morgan fingerprint density at radius 3 is 2.46 bits per heavy atom. The van der Waals surface area contributed by atoms with Gasteiger partial charge in [-0.1, -0.05) is 19.3 Å². The molecule has 0 saturated heterocycles. The number of nitro groups is 1. The van der Waals surface area contributed by atoms with Crippen molar-refractivity contribution in [3.8, 4) is 11.5 Å². The summed E-state index contributed by atoms with van der Waals surface area (Å²) >= 11 is 0. The molecule has 1 N–H and O–H groups in total. The summed E-state index contributed by atoms with van der Waals surface area (Å²) in [5.41, 5.74) is -0.339. The first kappa shape index (κ1) is 19.9. The molecule has 1 aromatic rings. The lowest BCUT2D eigenvalue weighted by molar-refractivity contribution is -0.384. The lowest BCUT2D eigenvalue weighted by Crippen LogP contribution is -2.23. The van der Waals surface area contributed by atoms with E-state index in [9.17, 15) is 19.7 Å². The molecule has 9 heteroatoms. The van der Waals surface area contributed by atoms with Crippen LogP contribution < -0.4 is 14.8 Å². The number of carbonyl (C=O) groups excluding carboxylic acids is 2. The van der Waals surface area contributed by atoms with E-state index < -0.39 is 23.4 Å². The molecule has 2 aliphatic rings. The van der Waals surface area contributed by atoms with Gasteiger partial charge in [0.15, 0.2) is 18.1 Å². The number of hydrogen-bond donors (Lipinski definition) is 1. The fourth-order valence-corrected chi connectivity index (χ4v) is 3.47. The fraction of sp³-hybridized carbons (Fsp3) is 0.579. The summed E-state index contributed by atoms with van der Waals surface area (Å²) in [5.74, 6) is -0.161. The Balaban J connectivity index is 1.58. The van der Waals surface area contributed by atoms with Crippen LogP contribution >= 0.6 is 0 Å². The number of rotatable bonds is 6. The van der Waals surface area contributed by atoms with E-state index in [1.54, 1.807) is 0 Å². The Labute approximate surface area is 162 Å². The summed E-state index contributed by atoms with van der Waals surface area (Å²) in [7, 11) is 0. The van der Waals surface area contributed by atoms with Crippen LogP contribution in [0.5, 0.6) is 11.5 Å². The van der Waals surface area contributed by atoms with Crippen LogP contribution in [-0.4, -0.2) is 36.6 Å². The van der Waals surface area contributed by atoms with Crippen LogP contribution in [0.1, 0.15) is 44.9 Å². The van der Waals surface area contributed by atoms with Crippen LogP contribution in [0, 0.1) is 16.0 Å². The largest absolute Gasteiger partial charge is 0.489 e. The average molecular weight is 392 g/mol. The SMILES string of the molecule is O=C(COC(=O)CC1CCCCC1)Nc1cc2c(cc1[N+](=O)[O-])OCCCO2. The summed E-state index contributed by atoms with van der Waals surface area (Å²) in [6.07, 6.45) is 6.40. The molecule has 3 rings (SSSR count). The molecule has 152 valence electrons. The predicted molar refractivity (Wildman–Crippen MR) is 99.5 cm³/mol. The summed E-state index contributed by atoms with van der Waals surface area (Å²) in [4.78, 5) is 34.8. The van der Waals surface area contributed by atoms with E-state index in [0.29, 0.717) is 37.7 Å². The van der Waals surface area contributed by atoms with E-state index in [0.717, 1.165) is 25.7 Å². The average Bonchev–Trinajstić information content (AvgIpc) is 2.91. The monoisotopic (exact) mass is 392 g/mol. The highest BCUT2D eigenvalue weighted by molar-refractivity contribution is 5.95. The highest BCUT2D eigenvalue weighted by atomic mass is 16.6. The minimum Gasteiger partial charge on any atom is -0.489 e. The van der Waals surface area contributed by atoms with Gasteiger partial charge in [-0.05, 0) is 18.8 Å². The molecule has 9 nitrogen and oxygen atoms in total. The number of nitro benzene ring substituents is 1. The molecule has 1 fully saturated rings. The van der Waals surface area contributed by atoms with Gasteiger partial charge >= 0.3 is 5.97 Å². The van der Waals surface area contributed by atoms with Gasteiger partial charge in [0.25, 0.3) is 11.6 Å². The number of esters is 1. The number of fused-ring (bicyclic) bond motifs is 1. The Morgan fingerprint density at radius 1 is 1.11 bits per heavy atom. The lowest BCUT2D eigenvalue weighted by atomic mass is 9.87. The highest BCUT2D eigenvalue weighted by Crippen LogP contribution is 2.39. The molecule has 0 spiro atoms. The van der Waals surface area contributed by atoms with Crippen molar-refractivity contribution >= 4 is 23.3 Å². The Hall–Kier alpha value is -2.84. The first-order valence-corrected chi connectivity index (χ1v) is 9.56. The van der Waals surface area contributed by atoms with Gasteiger partial charge in [-0.3, -0.25) is 19.7 Å². The van der Waals surface area contributed by atoms with Crippen LogP contribution in [0.15, 0.2) is 12.1 Å². The maximum Gasteiger partial charge on any atom is 0.306 e. The molecule has 1 saturated carbocycles. The molecule has 0 unspecified atom stereocenters. The van der Waals surface area contributed by atoms with Gasteiger partial charge in [0.2, 0.25) is 0 Å². The number of carbonyl (C=O) groups is 2. The van der Waals surface area contributed by atoms with Crippen molar-refractivity contribution in [1.29, 1.82) is 0 Å². The molecule has 0 aromatic heterocycles. The second kappa shape index (κ2) is 9.38. The van der Waals surface area contributed by atoms with Crippen LogP contribution in [0.4, 0.5) is 11.4 Å². The van der Waals surface area contributed by atoms with Gasteiger partial charge in [-0.25, -0.2) is 0 Å². The third-order valence-electron chi connectivity index (χ3n) is 4.88. The van der Waals surface area contributed by atoms with E-state index in [1.165, 1.54) is 18.6 Å². The van der Waals surface area contributed by atoms with Crippen molar-refractivity contribution < 1.29 is 28.7 Å². The maximum atomic E-state index is 12.1. The van der Waals surface area contributed by atoms with Crippen molar-refractivity contribution in [3.63, 3.8) is 0 Å². The molecular formula is C19H24N2O7. The highest BCUT2D eigenvalue weighted by Gasteiger charge is 2.24. The molecule has 28 heavy (non-hydrogen) atoms.